The molecule has 1 unspecified atom stereocenters. The maximum absolute atomic E-state index is 13.0. The van der Waals surface area contributed by atoms with Gasteiger partial charge in [0.2, 0.25) is 22.3 Å². The highest BCUT2D eigenvalue weighted by molar-refractivity contribution is 7.89. The van der Waals surface area contributed by atoms with Crippen LogP contribution in [-0.2, 0) is 19.6 Å². The van der Waals surface area contributed by atoms with Gasteiger partial charge in [-0.2, -0.15) is 9.57 Å². The zero-order valence-corrected chi connectivity index (χ0v) is 20.3. The molecule has 1 heterocycles. The van der Waals surface area contributed by atoms with Crippen LogP contribution in [0.1, 0.15) is 31.7 Å². The van der Waals surface area contributed by atoms with Crippen molar-refractivity contribution >= 4 is 22.3 Å². The van der Waals surface area contributed by atoms with Crippen molar-refractivity contribution < 1.29 is 18.0 Å². The molecule has 0 bridgehead atoms. The van der Waals surface area contributed by atoms with Gasteiger partial charge in [0.05, 0.1) is 16.9 Å². The lowest BCUT2D eigenvalue weighted by Crippen LogP contribution is -2.47. The molecule has 1 saturated heterocycles. The van der Waals surface area contributed by atoms with Crippen LogP contribution in [0.4, 0.5) is 0 Å². The normalized spacial score (nSPS) is 15.5. The van der Waals surface area contributed by atoms with Crippen molar-refractivity contribution in [3.63, 3.8) is 0 Å². The summed E-state index contributed by atoms with van der Waals surface area (Å²) in [5.74, 6) is -0.263. The van der Waals surface area contributed by atoms with E-state index in [4.69, 9.17) is 5.26 Å². The van der Waals surface area contributed by atoms with Gasteiger partial charge >= 0.3 is 0 Å². The number of sulfonamides is 1. The highest BCUT2D eigenvalue weighted by atomic mass is 32.2. The van der Waals surface area contributed by atoms with E-state index in [1.54, 1.807) is 29.2 Å². The maximum Gasteiger partial charge on any atom is 0.243 e. The fraction of sp³-hybridized carbons (Fsp3) is 0.400. The number of hydrogen-bond donors (Lipinski definition) is 1. The van der Waals surface area contributed by atoms with Gasteiger partial charge in [-0.15, -0.1) is 0 Å². The van der Waals surface area contributed by atoms with Gasteiger partial charge in [0, 0.05) is 26.2 Å². The Morgan fingerprint density at radius 3 is 2.35 bits per heavy atom. The summed E-state index contributed by atoms with van der Waals surface area (Å²) in [4.78, 5) is 25.3. The topological polar surface area (TPSA) is 111 Å². The maximum atomic E-state index is 13.0. The number of hydrogen-bond acceptors (Lipinski definition) is 5. The Hall–Kier alpha value is -3.22. The predicted molar refractivity (Wildman–Crippen MR) is 129 cm³/mol. The Labute approximate surface area is 201 Å². The Morgan fingerprint density at radius 1 is 1.09 bits per heavy atom. The second-order valence-corrected chi connectivity index (χ2v) is 10.7. The molecule has 2 aromatic carbocycles. The molecular weight excluding hydrogens is 452 g/mol. The largest absolute Gasteiger partial charge is 0.343 e. The minimum Gasteiger partial charge on any atom is -0.343 e. The van der Waals surface area contributed by atoms with Crippen LogP contribution in [0.25, 0.3) is 11.1 Å². The summed E-state index contributed by atoms with van der Waals surface area (Å²) < 4.78 is 27.4. The van der Waals surface area contributed by atoms with Crippen molar-refractivity contribution in [3.8, 4) is 17.2 Å². The van der Waals surface area contributed by atoms with Crippen molar-refractivity contribution in [2.45, 2.75) is 31.1 Å². The van der Waals surface area contributed by atoms with Gasteiger partial charge in [0.25, 0.3) is 0 Å². The first kappa shape index (κ1) is 25.4. The predicted octanol–water partition coefficient (Wildman–Crippen LogP) is 2.59. The lowest BCUT2D eigenvalue weighted by molar-refractivity contribution is -0.122. The fourth-order valence-electron chi connectivity index (χ4n) is 4.07. The van der Waals surface area contributed by atoms with E-state index in [1.807, 2.05) is 44.2 Å². The molecule has 180 valence electrons. The molecule has 1 aliphatic rings. The van der Waals surface area contributed by atoms with E-state index in [9.17, 15) is 18.0 Å². The van der Waals surface area contributed by atoms with Crippen molar-refractivity contribution in [2.75, 3.05) is 32.7 Å². The van der Waals surface area contributed by atoms with Gasteiger partial charge in [0.15, 0.2) is 0 Å². The number of nitrogens with one attached hydrogen (secondary N) is 1. The quantitative estimate of drug-likeness (QED) is 0.436. The monoisotopic (exact) mass is 482 g/mol. The molecular formula is C25H30N4O4S. The summed E-state index contributed by atoms with van der Waals surface area (Å²) in [5.41, 5.74) is 2.57. The highest BCUT2D eigenvalue weighted by Crippen LogP contribution is 2.29. The van der Waals surface area contributed by atoms with E-state index in [0.29, 0.717) is 25.4 Å². The molecule has 0 spiro atoms. The number of carbonyl (C=O) groups is 2. The third-order valence-electron chi connectivity index (χ3n) is 5.90. The number of rotatable bonds is 9. The summed E-state index contributed by atoms with van der Waals surface area (Å²) in [7, 11) is -3.64. The highest BCUT2D eigenvalue weighted by Gasteiger charge is 2.28. The second kappa shape index (κ2) is 11.3. The summed E-state index contributed by atoms with van der Waals surface area (Å²) >= 11 is 0. The van der Waals surface area contributed by atoms with Gasteiger partial charge < -0.3 is 10.2 Å². The van der Waals surface area contributed by atoms with Gasteiger partial charge in [0.1, 0.15) is 6.54 Å². The molecule has 2 aromatic rings. The number of benzene rings is 2. The van der Waals surface area contributed by atoms with E-state index in [1.165, 1.54) is 4.31 Å². The van der Waals surface area contributed by atoms with Crippen LogP contribution in [0.15, 0.2) is 53.4 Å². The molecule has 0 aliphatic carbocycles. The van der Waals surface area contributed by atoms with Crippen LogP contribution in [-0.4, -0.2) is 62.7 Å². The molecule has 0 aromatic heterocycles. The minimum absolute atomic E-state index is 0.0345. The molecule has 8 nitrogen and oxygen atoms in total. The van der Waals surface area contributed by atoms with Crippen LogP contribution < -0.4 is 5.32 Å². The van der Waals surface area contributed by atoms with Gasteiger partial charge in [-0.05, 0) is 41.2 Å². The third kappa shape index (κ3) is 6.01. The summed E-state index contributed by atoms with van der Waals surface area (Å²) in [6, 6.07) is 16.3. The van der Waals surface area contributed by atoms with Crippen molar-refractivity contribution in [1.82, 2.24) is 14.5 Å². The number of carbonyl (C=O) groups excluding carboxylic acids is 2. The lowest BCUT2D eigenvalue weighted by atomic mass is 9.88. The fourth-order valence-corrected chi connectivity index (χ4v) is 5.49. The Morgan fingerprint density at radius 2 is 1.76 bits per heavy atom. The molecule has 0 saturated carbocycles. The van der Waals surface area contributed by atoms with E-state index < -0.39 is 10.0 Å². The summed E-state index contributed by atoms with van der Waals surface area (Å²) in [6.07, 6.45) is 1.39. The molecule has 1 atom stereocenters. The van der Waals surface area contributed by atoms with E-state index in [0.717, 1.165) is 23.1 Å². The SMILES string of the molecule is CC(C)CC(C(=O)NCC#N)c1cccc(-c2ccc(S(=O)(=O)N3CCN(C=O)CC3)cc2)c1. The van der Waals surface area contributed by atoms with Crippen LogP contribution in [0.3, 0.4) is 0 Å². The van der Waals surface area contributed by atoms with E-state index in [2.05, 4.69) is 5.32 Å². The number of amides is 2. The zero-order valence-electron chi connectivity index (χ0n) is 19.5. The average Bonchev–Trinajstić information content (AvgIpc) is 2.86. The minimum atomic E-state index is -3.64. The van der Waals surface area contributed by atoms with Crippen molar-refractivity contribution in [3.05, 3.63) is 54.1 Å². The third-order valence-corrected chi connectivity index (χ3v) is 7.81. The zero-order chi connectivity index (χ0) is 24.7. The molecule has 0 radical (unpaired) electrons. The van der Waals surface area contributed by atoms with Crippen molar-refractivity contribution in [2.24, 2.45) is 5.92 Å². The molecule has 1 fully saturated rings. The first-order chi connectivity index (χ1) is 16.3. The Bertz CT molecular complexity index is 1150. The van der Waals surface area contributed by atoms with Gasteiger partial charge in [-0.1, -0.05) is 50.2 Å². The van der Waals surface area contributed by atoms with Crippen LogP contribution in [0, 0.1) is 17.2 Å². The smallest absolute Gasteiger partial charge is 0.243 e. The number of nitriles is 1. The summed E-state index contributed by atoms with van der Waals surface area (Å²) in [6.45, 7) is 5.37. The first-order valence-electron chi connectivity index (χ1n) is 11.3. The molecule has 34 heavy (non-hydrogen) atoms. The summed E-state index contributed by atoms with van der Waals surface area (Å²) in [5, 5.41) is 11.5. The lowest BCUT2D eigenvalue weighted by Gasteiger charge is -2.31. The van der Waals surface area contributed by atoms with E-state index in [-0.39, 0.29) is 36.4 Å². The van der Waals surface area contributed by atoms with Crippen LogP contribution in [0.2, 0.25) is 0 Å². The molecule has 9 heteroatoms. The number of piperazine rings is 1. The Kier molecular flexibility index (Phi) is 8.42. The Balaban J connectivity index is 1.82. The first-order valence-corrected chi connectivity index (χ1v) is 12.7. The standard InChI is InChI=1S/C25H30N4O4S/c1-19(2)16-24(25(31)27-11-10-26)22-5-3-4-21(17-22)20-6-8-23(9-7-20)34(32,33)29-14-12-28(18-30)13-15-29/h3-9,17-19,24H,11-16H2,1-2H3,(H,27,31). The van der Waals surface area contributed by atoms with Gasteiger partial charge in [-0.25, -0.2) is 8.42 Å². The van der Waals surface area contributed by atoms with Crippen LogP contribution in [0.5, 0.6) is 0 Å². The average molecular weight is 483 g/mol. The van der Waals surface area contributed by atoms with Crippen molar-refractivity contribution in [1.29, 1.82) is 5.26 Å². The van der Waals surface area contributed by atoms with Crippen LogP contribution >= 0.6 is 0 Å². The molecule has 3 rings (SSSR count). The number of nitrogens with zero attached hydrogens (tertiary/aromatic N) is 3. The van der Waals surface area contributed by atoms with Gasteiger partial charge in [-0.3, -0.25) is 9.59 Å². The molecule has 1 N–H and O–H groups in total. The molecule has 2 amide bonds. The second-order valence-electron chi connectivity index (χ2n) is 8.75. The molecule has 1 aliphatic heterocycles. The van der Waals surface area contributed by atoms with E-state index >= 15 is 0 Å².